The van der Waals surface area contributed by atoms with Gasteiger partial charge in [0, 0.05) is 6.26 Å². The summed E-state index contributed by atoms with van der Waals surface area (Å²) in [4.78, 5) is 21.5. The van der Waals surface area contributed by atoms with Crippen LogP contribution in [0.3, 0.4) is 0 Å². The molecular formula is C14H18Cl3N2O6S-. The number of aliphatic hydroxyl groups excluding tert-OH is 1. The molecule has 0 bridgehead atoms. The number of ether oxygens (including phenoxy) is 1. The third-order valence-corrected chi connectivity index (χ3v) is 4.67. The lowest BCUT2D eigenvalue weighted by Gasteiger charge is -2.24. The summed E-state index contributed by atoms with van der Waals surface area (Å²) in [6, 6.07) is 4.31. The van der Waals surface area contributed by atoms with Crippen molar-refractivity contribution in [1.29, 1.82) is 0 Å². The van der Waals surface area contributed by atoms with E-state index in [1.54, 1.807) is 0 Å². The first kappa shape index (κ1) is 24.9. The minimum atomic E-state index is -3.39. The molecule has 1 amide bonds. The van der Waals surface area contributed by atoms with Gasteiger partial charge < -0.3 is 33.3 Å². The van der Waals surface area contributed by atoms with Crippen molar-refractivity contribution >= 4 is 44.9 Å². The summed E-state index contributed by atoms with van der Waals surface area (Å²) in [6.07, 6.45) is -0.260. The molecule has 4 N–H and O–H groups in total. The summed E-state index contributed by atoms with van der Waals surface area (Å²) in [5.74, 6) is -1.52. The average Bonchev–Trinajstić information content (AvgIpc) is 2.56. The van der Waals surface area contributed by atoms with Crippen LogP contribution >= 0.6 is 23.2 Å². The van der Waals surface area contributed by atoms with Crippen LogP contribution in [0.5, 0.6) is 0 Å². The Hall–Kier alpha value is -1.10. The van der Waals surface area contributed by atoms with E-state index >= 15 is 0 Å². The van der Waals surface area contributed by atoms with Gasteiger partial charge in [0.2, 0.25) is 0 Å². The van der Waals surface area contributed by atoms with Crippen LogP contribution in [0.1, 0.15) is 11.7 Å². The molecule has 1 aromatic carbocycles. The smallest absolute Gasteiger partial charge is 0.319 e. The molecule has 0 saturated heterocycles. The van der Waals surface area contributed by atoms with E-state index in [4.69, 9.17) is 33.7 Å². The number of rotatable bonds is 8. The quantitative estimate of drug-likeness (QED) is 0.283. The van der Waals surface area contributed by atoms with Crippen LogP contribution in [0.2, 0.25) is 0 Å². The molecule has 26 heavy (non-hydrogen) atoms. The first-order valence-electron chi connectivity index (χ1n) is 6.98. The topological polar surface area (TPSA) is 136 Å². The number of carbonyl (C=O) groups is 2. The minimum absolute atomic E-state index is 0. The standard InChI is InChI=1S/C14H18Cl2N2O6S.ClH/c1-25(22,23)9-4-2-8(3-5-9)12(20)10(7-24-11(19)6-17)18-14(21)13(15)16;/h2-5,10,12-13,20H,6-7,17H2,1H3,(H,18,21);1H/p-1/t10-,12-;/m1./s1. The van der Waals surface area contributed by atoms with Gasteiger partial charge >= 0.3 is 5.97 Å². The van der Waals surface area contributed by atoms with Crippen LogP contribution < -0.4 is 23.5 Å². The van der Waals surface area contributed by atoms with E-state index in [-0.39, 0.29) is 30.5 Å². The average molecular weight is 449 g/mol. The second-order valence-electron chi connectivity index (χ2n) is 5.09. The van der Waals surface area contributed by atoms with Crippen molar-refractivity contribution < 1.29 is 40.3 Å². The Morgan fingerprint density at radius 3 is 2.23 bits per heavy atom. The molecule has 1 rings (SSSR count). The van der Waals surface area contributed by atoms with Crippen LogP contribution in [0.25, 0.3) is 0 Å². The van der Waals surface area contributed by atoms with Crippen molar-refractivity contribution in [1.82, 2.24) is 5.32 Å². The van der Waals surface area contributed by atoms with Gasteiger partial charge in [0.15, 0.2) is 14.7 Å². The van der Waals surface area contributed by atoms with Gasteiger partial charge in [0.05, 0.1) is 17.5 Å². The molecule has 0 aromatic heterocycles. The van der Waals surface area contributed by atoms with Gasteiger partial charge in [-0.3, -0.25) is 9.59 Å². The molecule has 0 aliphatic carbocycles. The Kier molecular flexibility index (Phi) is 10.4. The summed E-state index contributed by atoms with van der Waals surface area (Å²) in [5, 5.41) is 12.8. The summed E-state index contributed by atoms with van der Waals surface area (Å²) < 4.78 is 27.8. The third-order valence-electron chi connectivity index (χ3n) is 3.15. The second-order valence-corrected chi connectivity index (χ2v) is 8.20. The van der Waals surface area contributed by atoms with Gasteiger partial charge in [0.25, 0.3) is 5.91 Å². The van der Waals surface area contributed by atoms with Crippen molar-refractivity contribution in [2.75, 3.05) is 19.4 Å². The number of aliphatic hydroxyl groups is 1. The van der Waals surface area contributed by atoms with Crippen LogP contribution in [0.15, 0.2) is 29.2 Å². The number of hydrogen-bond acceptors (Lipinski definition) is 7. The van der Waals surface area contributed by atoms with Gasteiger partial charge in [-0.2, -0.15) is 0 Å². The number of nitrogens with two attached hydrogens (primary N) is 1. The summed E-state index contributed by atoms with van der Waals surface area (Å²) in [6.45, 7) is -0.745. The predicted molar refractivity (Wildman–Crippen MR) is 91.9 cm³/mol. The zero-order valence-corrected chi connectivity index (χ0v) is 16.6. The number of amides is 1. The maximum atomic E-state index is 11.7. The van der Waals surface area contributed by atoms with Gasteiger partial charge in [-0.25, -0.2) is 8.42 Å². The first-order chi connectivity index (χ1) is 11.6. The highest BCUT2D eigenvalue weighted by molar-refractivity contribution is 7.90. The maximum absolute atomic E-state index is 11.7. The SMILES string of the molecule is CS(=O)(=O)c1ccc([C@@H](O)[C@@H](COC(=O)CN)NC(=O)C(Cl)Cl)cc1.[Cl-]. The van der Waals surface area contributed by atoms with E-state index in [0.29, 0.717) is 5.56 Å². The van der Waals surface area contributed by atoms with E-state index in [2.05, 4.69) is 5.32 Å². The van der Waals surface area contributed by atoms with Gasteiger partial charge in [-0.1, -0.05) is 35.3 Å². The molecule has 0 heterocycles. The summed E-state index contributed by atoms with van der Waals surface area (Å²) >= 11 is 10.9. The van der Waals surface area contributed by atoms with Gasteiger partial charge in [-0.15, -0.1) is 0 Å². The number of halogens is 3. The lowest BCUT2D eigenvalue weighted by molar-refractivity contribution is -0.144. The number of carbonyl (C=O) groups excluding carboxylic acids is 2. The van der Waals surface area contributed by atoms with Gasteiger partial charge in [-0.05, 0) is 17.7 Å². The fraction of sp³-hybridized carbons (Fsp3) is 0.429. The Labute approximate surface area is 167 Å². The largest absolute Gasteiger partial charge is 1.00 e. The Morgan fingerprint density at radius 2 is 1.81 bits per heavy atom. The second kappa shape index (κ2) is 10.9. The van der Waals surface area contributed by atoms with Crippen molar-refractivity contribution in [2.45, 2.75) is 21.9 Å². The molecule has 1 aromatic rings. The van der Waals surface area contributed by atoms with E-state index in [1.165, 1.54) is 24.3 Å². The molecule has 0 aliphatic heterocycles. The van der Waals surface area contributed by atoms with E-state index in [0.717, 1.165) is 6.26 Å². The Balaban J connectivity index is 0.00000625. The molecule has 0 saturated carbocycles. The molecule has 8 nitrogen and oxygen atoms in total. The highest BCUT2D eigenvalue weighted by atomic mass is 35.5. The first-order valence-corrected chi connectivity index (χ1v) is 9.75. The monoisotopic (exact) mass is 447 g/mol. The van der Waals surface area contributed by atoms with Crippen LogP contribution in [-0.4, -0.2) is 55.7 Å². The number of alkyl halides is 2. The van der Waals surface area contributed by atoms with Crippen LogP contribution in [-0.2, 0) is 24.2 Å². The maximum Gasteiger partial charge on any atom is 0.319 e. The highest BCUT2D eigenvalue weighted by Gasteiger charge is 2.26. The number of sulfone groups is 1. The number of esters is 1. The third kappa shape index (κ3) is 7.65. The molecule has 12 heteroatoms. The Morgan fingerprint density at radius 1 is 1.27 bits per heavy atom. The molecule has 0 fully saturated rings. The molecule has 0 unspecified atom stereocenters. The van der Waals surface area contributed by atoms with Crippen molar-refractivity contribution in [3.05, 3.63) is 29.8 Å². The number of benzene rings is 1. The zero-order valence-electron chi connectivity index (χ0n) is 13.6. The van der Waals surface area contributed by atoms with Crippen LogP contribution in [0, 0.1) is 0 Å². The van der Waals surface area contributed by atoms with E-state index in [9.17, 15) is 23.1 Å². The normalized spacial score (nSPS) is 13.5. The molecule has 2 atom stereocenters. The molecule has 0 aliphatic rings. The van der Waals surface area contributed by atoms with Crippen LogP contribution in [0.4, 0.5) is 0 Å². The van der Waals surface area contributed by atoms with Crippen molar-refractivity contribution in [3.8, 4) is 0 Å². The van der Waals surface area contributed by atoms with Gasteiger partial charge in [0.1, 0.15) is 12.7 Å². The van der Waals surface area contributed by atoms with E-state index < -0.39 is 38.7 Å². The Bertz CT molecular complexity index is 712. The predicted octanol–water partition coefficient (Wildman–Crippen LogP) is -3.08. The van der Waals surface area contributed by atoms with Crippen molar-refractivity contribution in [2.24, 2.45) is 5.73 Å². The van der Waals surface area contributed by atoms with Crippen molar-refractivity contribution in [3.63, 3.8) is 0 Å². The molecular weight excluding hydrogens is 431 g/mol. The van der Waals surface area contributed by atoms with E-state index in [1.807, 2.05) is 0 Å². The molecule has 148 valence electrons. The fourth-order valence-corrected chi connectivity index (χ4v) is 2.60. The highest BCUT2D eigenvalue weighted by Crippen LogP contribution is 2.20. The molecule has 0 spiro atoms. The minimum Gasteiger partial charge on any atom is -1.00 e. The zero-order chi connectivity index (χ0) is 19.2. The fourth-order valence-electron chi connectivity index (χ4n) is 1.84. The lowest BCUT2D eigenvalue weighted by atomic mass is 10.0. The summed E-state index contributed by atoms with van der Waals surface area (Å²) in [7, 11) is -3.39. The molecule has 0 radical (unpaired) electrons. The number of hydrogen-bond donors (Lipinski definition) is 3. The lowest BCUT2D eigenvalue weighted by Crippen LogP contribution is -3.00. The number of nitrogens with one attached hydrogen (secondary N) is 1. The summed E-state index contributed by atoms with van der Waals surface area (Å²) in [5.41, 5.74) is 5.42.